The number of hydrogen-bond donors (Lipinski definition) is 1. The van der Waals surface area contributed by atoms with E-state index in [2.05, 4.69) is 17.2 Å². The predicted octanol–water partition coefficient (Wildman–Crippen LogP) is 2.00. The summed E-state index contributed by atoms with van der Waals surface area (Å²) < 4.78 is 10.5. The van der Waals surface area contributed by atoms with Gasteiger partial charge >= 0.3 is 0 Å². The van der Waals surface area contributed by atoms with Gasteiger partial charge in [0, 0.05) is 20.3 Å². The number of nitrogens with zero attached hydrogens (tertiary/aromatic N) is 1. The second-order valence-electron chi connectivity index (χ2n) is 3.81. The first kappa shape index (κ1) is 13.9. The van der Waals surface area contributed by atoms with Crippen molar-refractivity contribution in [3.05, 3.63) is 24.0 Å². The van der Waals surface area contributed by atoms with Crippen molar-refractivity contribution >= 4 is 0 Å². The van der Waals surface area contributed by atoms with Crippen LogP contribution in [0.25, 0.3) is 0 Å². The maximum absolute atomic E-state index is 5.57. The summed E-state index contributed by atoms with van der Waals surface area (Å²) in [4.78, 5) is 4.32. The number of rotatable bonds is 9. The minimum Gasteiger partial charge on any atom is -0.492 e. The number of unbranched alkanes of at least 4 members (excludes halogenated alkanes) is 1. The summed E-state index contributed by atoms with van der Waals surface area (Å²) in [5.74, 6) is 0.836. The fraction of sp³-hybridized carbons (Fsp3) is 0.615. The standard InChI is InChI=1S/C13H22N2O2/c1-3-14-10-12-6-7-13(11-15-12)17-9-5-4-8-16-2/h6-7,11,14H,3-5,8-10H2,1-2H3. The Hall–Kier alpha value is -1.13. The molecule has 0 aliphatic rings. The highest BCUT2D eigenvalue weighted by Gasteiger charge is 1.96. The lowest BCUT2D eigenvalue weighted by Crippen LogP contribution is -2.12. The topological polar surface area (TPSA) is 43.4 Å². The number of aromatic nitrogens is 1. The summed E-state index contributed by atoms with van der Waals surface area (Å²) in [6.07, 6.45) is 3.82. The second kappa shape index (κ2) is 8.96. The van der Waals surface area contributed by atoms with Crippen LogP contribution in [0, 0.1) is 0 Å². The van der Waals surface area contributed by atoms with Gasteiger partial charge in [-0.25, -0.2) is 0 Å². The highest BCUT2D eigenvalue weighted by Crippen LogP contribution is 2.09. The highest BCUT2D eigenvalue weighted by molar-refractivity contribution is 5.19. The van der Waals surface area contributed by atoms with Gasteiger partial charge in [0.05, 0.1) is 18.5 Å². The van der Waals surface area contributed by atoms with Crippen LogP contribution in [0.15, 0.2) is 18.3 Å². The third kappa shape index (κ3) is 6.24. The van der Waals surface area contributed by atoms with E-state index in [-0.39, 0.29) is 0 Å². The summed E-state index contributed by atoms with van der Waals surface area (Å²) in [5, 5.41) is 3.23. The molecule has 0 fully saturated rings. The van der Waals surface area contributed by atoms with Gasteiger partial charge in [-0.3, -0.25) is 4.98 Å². The molecule has 0 aliphatic heterocycles. The van der Waals surface area contributed by atoms with Gasteiger partial charge in [0.2, 0.25) is 0 Å². The molecule has 0 unspecified atom stereocenters. The summed E-state index contributed by atoms with van der Waals surface area (Å²) in [6.45, 7) is 5.36. The second-order valence-corrected chi connectivity index (χ2v) is 3.81. The Morgan fingerprint density at radius 1 is 1.24 bits per heavy atom. The molecule has 0 aromatic carbocycles. The molecule has 4 heteroatoms. The highest BCUT2D eigenvalue weighted by atomic mass is 16.5. The molecule has 0 radical (unpaired) electrons. The van der Waals surface area contributed by atoms with E-state index in [1.807, 2.05) is 12.1 Å². The van der Waals surface area contributed by atoms with Gasteiger partial charge in [-0.05, 0) is 31.5 Å². The molecule has 0 aliphatic carbocycles. The Labute approximate surface area is 103 Å². The van der Waals surface area contributed by atoms with E-state index in [4.69, 9.17) is 9.47 Å². The van der Waals surface area contributed by atoms with E-state index in [1.165, 1.54) is 0 Å². The lowest BCUT2D eigenvalue weighted by Gasteiger charge is -2.06. The van der Waals surface area contributed by atoms with E-state index >= 15 is 0 Å². The van der Waals surface area contributed by atoms with Crippen LogP contribution in [0.3, 0.4) is 0 Å². The maximum Gasteiger partial charge on any atom is 0.137 e. The molecule has 1 rings (SSSR count). The van der Waals surface area contributed by atoms with Crippen LogP contribution in [0.2, 0.25) is 0 Å². The lowest BCUT2D eigenvalue weighted by molar-refractivity contribution is 0.184. The van der Waals surface area contributed by atoms with Crippen LogP contribution in [0.4, 0.5) is 0 Å². The molecule has 96 valence electrons. The van der Waals surface area contributed by atoms with Crippen molar-refractivity contribution in [3.8, 4) is 5.75 Å². The molecule has 17 heavy (non-hydrogen) atoms. The minimum absolute atomic E-state index is 0.720. The summed E-state index contributed by atoms with van der Waals surface area (Å²) in [6, 6.07) is 3.96. The Kier molecular flexibility index (Phi) is 7.34. The van der Waals surface area contributed by atoms with E-state index in [1.54, 1.807) is 13.3 Å². The zero-order valence-electron chi connectivity index (χ0n) is 10.7. The first-order chi connectivity index (χ1) is 8.36. The molecular weight excluding hydrogens is 216 g/mol. The van der Waals surface area contributed by atoms with Crippen molar-refractivity contribution in [2.24, 2.45) is 0 Å². The normalized spacial score (nSPS) is 10.5. The first-order valence-electron chi connectivity index (χ1n) is 6.14. The van der Waals surface area contributed by atoms with Crippen molar-refractivity contribution in [2.45, 2.75) is 26.3 Å². The van der Waals surface area contributed by atoms with Gasteiger partial charge in [0.1, 0.15) is 5.75 Å². The average Bonchev–Trinajstić information content (AvgIpc) is 2.37. The van der Waals surface area contributed by atoms with Gasteiger partial charge in [-0.15, -0.1) is 0 Å². The molecule has 1 N–H and O–H groups in total. The van der Waals surface area contributed by atoms with Crippen molar-refractivity contribution in [1.29, 1.82) is 0 Å². The predicted molar refractivity (Wildman–Crippen MR) is 68.2 cm³/mol. The van der Waals surface area contributed by atoms with Crippen molar-refractivity contribution in [1.82, 2.24) is 10.3 Å². The Morgan fingerprint density at radius 3 is 2.71 bits per heavy atom. The van der Waals surface area contributed by atoms with Gasteiger partial charge in [-0.1, -0.05) is 6.92 Å². The SMILES string of the molecule is CCNCc1ccc(OCCCCOC)cn1. The number of ether oxygens (including phenoxy) is 2. The lowest BCUT2D eigenvalue weighted by atomic mass is 10.3. The first-order valence-corrected chi connectivity index (χ1v) is 6.14. The van der Waals surface area contributed by atoms with Crippen LogP contribution in [-0.4, -0.2) is 31.9 Å². The minimum atomic E-state index is 0.720. The van der Waals surface area contributed by atoms with Gasteiger partial charge in [-0.2, -0.15) is 0 Å². The Morgan fingerprint density at radius 2 is 2.06 bits per heavy atom. The quantitative estimate of drug-likeness (QED) is 0.668. The van der Waals surface area contributed by atoms with Crippen molar-refractivity contribution in [3.63, 3.8) is 0 Å². The molecule has 0 atom stereocenters. The third-order valence-electron chi connectivity index (χ3n) is 2.37. The van der Waals surface area contributed by atoms with Gasteiger partial charge < -0.3 is 14.8 Å². The van der Waals surface area contributed by atoms with E-state index < -0.39 is 0 Å². The van der Waals surface area contributed by atoms with E-state index in [0.717, 1.165) is 50.6 Å². The van der Waals surface area contributed by atoms with Crippen LogP contribution in [0.5, 0.6) is 5.75 Å². The smallest absolute Gasteiger partial charge is 0.137 e. The third-order valence-corrected chi connectivity index (χ3v) is 2.37. The molecule has 0 saturated carbocycles. The molecule has 1 aromatic heterocycles. The summed E-state index contributed by atoms with van der Waals surface area (Å²) in [7, 11) is 1.72. The van der Waals surface area contributed by atoms with Crippen LogP contribution in [0.1, 0.15) is 25.5 Å². The molecular formula is C13H22N2O2. The van der Waals surface area contributed by atoms with Crippen LogP contribution in [-0.2, 0) is 11.3 Å². The molecule has 0 bridgehead atoms. The fourth-order valence-corrected chi connectivity index (χ4v) is 1.39. The monoisotopic (exact) mass is 238 g/mol. The number of methoxy groups -OCH3 is 1. The molecule has 1 aromatic rings. The van der Waals surface area contributed by atoms with Crippen molar-refractivity contribution < 1.29 is 9.47 Å². The summed E-state index contributed by atoms with van der Waals surface area (Å²) in [5.41, 5.74) is 1.04. The number of nitrogens with one attached hydrogen (secondary N) is 1. The van der Waals surface area contributed by atoms with Crippen molar-refractivity contribution in [2.75, 3.05) is 26.9 Å². The van der Waals surface area contributed by atoms with E-state index in [9.17, 15) is 0 Å². The maximum atomic E-state index is 5.57. The molecule has 4 nitrogen and oxygen atoms in total. The molecule has 0 spiro atoms. The zero-order valence-corrected chi connectivity index (χ0v) is 10.7. The van der Waals surface area contributed by atoms with Gasteiger partial charge in [0.15, 0.2) is 0 Å². The fourth-order valence-electron chi connectivity index (χ4n) is 1.39. The largest absolute Gasteiger partial charge is 0.492 e. The zero-order chi connectivity index (χ0) is 12.3. The molecule has 0 amide bonds. The molecule has 1 heterocycles. The summed E-state index contributed by atoms with van der Waals surface area (Å²) >= 11 is 0. The number of hydrogen-bond acceptors (Lipinski definition) is 4. The van der Waals surface area contributed by atoms with Crippen LogP contribution >= 0.6 is 0 Å². The molecule has 0 saturated heterocycles. The Balaban J connectivity index is 2.20. The average molecular weight is 238 g/mol. The van der Waals surface area contributed by atoms with E-state index in [0.29, 0.717) is 0 Å². The van der Waals surface area contributed by atoms with Crippen LogP contribution < -0.4 is 10.1 Å². The Bertz CT molecular complexity index is 288. The van der Waals surface area contributed by atoms with Gasteiger partial charge in [0.25, 0.3) is 0 Å². The number of pyridine rings is 1.